The van der Waals surface area contributed by atoms with Gasteiger partial charge in [0.25, 0.3) is 0 Å². The van der Waals surface area contributed by atoms with Crippen molar-refractivity contribution in [1.82, 2.24) is 10.6 Å². The highest BCUT2D eigenvalue weighted by atomic mass is 19.4. The number of amides is 1. The molecule has 13 heteroatoms. The Balaban J connectivity index is 3.03. The molecule has 0 spiro atoms. The van der Waals surface area contributed by atoms with Crippen molar-refractivity contribution in [3.63, 3.8) is 0 Å². The Hall–Kier alpha value is -2.60. The van der Waals surface area contributed by atoms with Crippen molar-refractivity contribution in [2.45, 2.75) is 25.5 Å². The van der Waals surface area contributed by atoms with Gasteiger partial charge in [0, 0.05) is 18.3 Å². The number of halogens is 9. The molecule has 1 aromatic carbocycles. The van der Waals surface area contributed by atoms with Crippen LogP contribution in [0.3, 0.4) is 0 Å². The van der Waals surface area contributed by atoms with Crippen molar-refractivity contribution >= 4 is 11.6 Å². The number of rotatable bonds is 6. The van der Waals surface area contributed by atoms with Crippen molar-refractivity contribution in [2.75, 3.05) is 18.5 Å². The smallest absolute Gasteiger partial charge is 0.367 e. The second kappa shape index (κ2) is 8.61. The minimum absolute atomic E-state index is 0.0409. The van der Waals surface area contributed by atoms with Crippen LogP contribution in [0.25, 0.3) is 0 Å². The summed E-state index contributed by atoms with van der Waals surface area (Å²) < 4.78 is 115. The third-order valence-corrected chi connectivity index (χ3v) is 3.14. The van der Waals surface area contributed by atoms with Gasteiger partial charge in [-0.3, -0.25) is 4.79 Å². The minimum atomic E-state index is -5.19. The van der Waals surface area contributed by atoms with Gasteiger partial charge in [0.1, 0.15) is 5.70 Å². The number of hydrogen-bond acceptors (Lipinski definition) is 3. The lowest BCUT2D eigenvalue weighted by molar-refractivity contribution is -0.142. The minimum Gasteiger partial charge on any atom is -0.367 e. The third kappa shape index (κ3) is 6.85. The standard InChI is InChI=1S/C15H14F9N3O/c1-2-25-12(28)6-11(15(22,23)24)27-7-26-10-4-3-8(13(16,17)18)5-9(10)14(19,20)21/h3-6,26-27H,2,7H2,1H3,(H,25,28)/b11-6-. The molecular formula is C15H14F9N3O. The second-order valence-corrected chi connectivity index (χ2v) is 5.24. The van der Waals surface area contributed by atoms with Gasteiger partial charge in [-0.05, 0) is 25.1 Å². The lowest BCUT2D eigenvalue weighted by Crippen LogP contribution is -2.33. The number of likely N-dealkylation sites (N-methyl/N-ethyl adjacent to an activating group) is 1. The molecule has 0 heterocycles. The molecule has 0 aliphatic heterocycles. The number of benzene rings is 1. The molecule has 158 valence electrons. The van der Waals surface area contributed by atoms with E-state index in [0.717, 1.165) is 0 Å². The Bertz CT molecular complexity index is 721. The zero-order chi connectivity index (χ0) is 21.8. The van der Waals surface area contributed by atoms with Crippen LogP contribution in [0.5, 0.6) is 0 Å². The third-order valence-electron chi connectivity index (χ3n) is 3.14. The van der Waals surface area contributed by atoms with E-state index >= 15 is 0 Å². The molecule has 0 aliphatic carbocycles. The summed E-state index contributed by atoms with van der Waals surface area (Å²) in [4.78, 5) is 11.2. The zero-order valence-corrected chi connectivity index (χ0v) is 14.0. The van der Waals surface area contributed by atoms with Crippen molar-refractivity contribution < 1.29 is 44.3 Å². The van der Waals surface area contributed by atoms with Crippen LogP contribution >= 0.6 is 0 Å². The second-order valence-electron chi connectivity index (χ2n) is 5.24. The lowest BCUT2D eigenvalue weighted by atomic mass is 10.1. The molecule has 1 aromatic rings. The highest BCUT2D eigenvalue weighted by Gasteiger charge is 2.38. The van der Waals surface area contributed by atoms with Gasteiger partial charge in [0.05, 0.1) is 17.8 Å². The fraction of sp³-hybridized carbons (Fsp3) is 0.400. The largest absolute Gasteiger partial charge is 0.431 e. The summed E-state index contributed by atoms with van der Waals surface area (Å²) >= 11 is 0. The summed E-state index contributed by atoms with van der Waals surface area (Å²) in [5.74, 6) is -1.09. The number of anilines is 1. The van der Waals surface area contributed by atoms with Gasteiger partial charge < -0.3 is 16.0 Å². The van der Waals surface area contributed by atoms with Gasteiger partial charge in [-0.1, -0.05) is 0 Å². The van der Waals surface area contributed by atoms with E-state index in [1.807, 2.05) is 5.32 Å². The van der Waals surface area contributed by atoms with Crippen LogP contribution in [0.4, 0.5) is 45.2 Å². The van der Waals surface area contributed by atoms with Crippen LogP contribution in [0.15, 0.2) is 30.0 Å². The van der Waals surface area contributed by atoms with E-state index in [-0.39, 0.29) is 18.7 Å². The monoisotopic (exact) mass is 423 g/mol. The maximum atomic E-state index is 13.0. The van der Waals surface area contributed by atoms with Crippen molar-refractivity contribution in [3.05, 3.63) is 41.1 Å². The normalized spacial score (nSPS) is 13.3. The van der Waals surface area contributed by atoms with E-state index in [0.29, 0.717) is 12.1 Å². The molecule has 28 heavy (non-hydrogen) atoms. The van der Waals surface area contributed by atoms with Crippen molar-refractivity contribution in [1.29, 1.82) is 0 Å². The summed E-state index contributed by atoms with van der Waals surface area (Å²) in [6, 6.07) is 0.651. The van der Waals surface area contributed by atoms with Gasteiger partial charge in [-0.2, -0.15) is 39.5 Å². The van der Waals surface area contributed by atoms with E-state index in [4.69, 9.17) is 0 Å². The Morgan fingerprint density at radius 1 is 0.964 bits per heavy atom. The summed E-state index contributed by atoms with van der Waals surface area (Å²) in [7, 11) is 0. The molecule has 3 N–H and O–H groups in total. The number of nitrogens with one attached hydrogen (secondary N) is 3. The fourth-order valence-electron chi connectivity index (χ4n) is 1.93. The number of carbonyl (C=O) groups excluding carboxylic acids is 1. The quantitative estimate of drug-likeness (QED) is 0.364. The molecule has 0 radical (unpaired) electrons. The van der Waals surface area contributed by atoms with Crippen LogP contribution in [-0.2, 0) is 17.1 Å². The fourth-order valence-corrected chi connectivity index (χ4v) is 1.93. The van der Waals surface area contributed by atoms with E-state index in [2.05, 4.69) is 5.32 Å². The van der Waals surface area contributed by atoms with Crippen molar-refractivity contribution in [2.24, 2.45) is 0 Å². The predicted octanol–water partition coefficient (Wildman–Crippen LogP) is 4.27. The van der Waals surface area contributed by atoms with E-state index in [1.165, 1.54) is 6.92 Å². The van der Waals surface area contributed by atoms with Gasteiger partial charge in [0.2, 0.25) is 5.91 Å². The maximum absolute atomic E-state index is 13.0. The average Bonchev–Trinajstić information content (AvgIpc) is 2.51. The first kappa shape index (κ1) is 23.4. The van der Waals surface area contributed by atoms with Crippen LogP contribution in [0.2, 0.25) is 0 Å². The Labute approximate surface area is 152 Å². The molecule has 0 bridgehead atoms. The molecule has 4 nitrogen and oxygen atoms in total. The van der Waals surface area contributed by atoms with Gasteiger partial charge in [-0.15, -0.1) is 0 Å². The summed E-state index contributed by atoms with van der Waals surface area (Å²) in [6.07, 6.45) is -15.1. The summed E-state index contributed by atoms with van der Waals surface area (Å²) in [5, 5.41) is 5.71. The van der Waals surface area contributed by atoms with Gasteiger partial charge >= 0.3 is 18.5 Å². The molecule has 1 amide bonds. The number of alkyl halides is 9. The van der Waals surface area contributed by atoms with Crippen LogP contribution in [0, 0.1) is 0 Å². The summed E-state index contributed by atoms with van der Waals surface area (Å²) in [6.45, 7) is 0.551. The Morgan fingerprint density at radius 3 is 2.04 bits per heavy atom. The Morgan fingerprint density at radius 2 is 1.57 bits per heavy atom. The molecule has 0 fully saturated rings. The van der Waals surface area contributed by atoms with Crippen molar-refractivity contribution in [3.8, 4) is 0 Å². The van der Waals surface area contributed by atoms with Gasteiger partial charge in [0.15, 0.2) is 0 Å². The van der Waals surface area contributed by atoms with Crippen LogP contribution in [-0.4, -0.2) is 25.3 Å². The van der Waals surface area contributed by atoms with E-state index < -0.39 is 53.6 Å². The van der Waals surface area contributed by atoms with E-state index in [9.17, 15) is 44.3 Å². The zero-order valence-electron chi connectivity index (χ0n) is 14.0. The number of allylic oxidation sites excluding steroid dienone is 1. The predicted molar refractivity (Wildman–Crippen MR) is 80.9 cm³/mol. The number of carbonyl (C=O) groups is 1. The highest BCUT2D eigenvalue weighted by Crippen LogP contribution is 2.39. The molecule has 0 aliphatic rings. The van der Waals surface area contributed by atoms with E-state index in [1.54, 1.807) is 5.32 Å². The number of hydrogen-bond donors (Lipinski definition) is 3. The maximum Gasteiger partial charge on any atom is 0.431 e. The van der Waals surface area contributed by atoms with Gasteiger partial charge in [-0.25, -0.2) is 0 Å². The first-order valence-corrected chi connectivity index (χ1v) is 7.49. The highest BCUT2D eigenvalue weighted by molar-refractivity contribution is 5.88. The lowest BCUT2D eigenvalue weighted by Gasteiger charge is -2.19. The molecule has 0 aromatic heterocycles. The molecular weight excluding hydrogens is 409 g/mol. The Kier molecular flexibility index (Phi) is 7.20. The summed E-state index contributed by atoms with van der Waals surface area (Å²) in [5.41, 5.74) is -5.69. The molecule has 1 rings (SSSR count). The SMILES string of the molecule is CCNC(=O)/C=C(\NCNc1ccc(C(F)(F)F)cc1C(F)(F)F)C(F)(F)F. The first-order valence-electron chi connectivity index (χ1n) is 7.49. The molecule has 0 unspecified atom stereocenters. The topological polar surface area (TPSA) is 53.2 Å². The van der Waals surface area contributed by atoms with Crippen LogP contribution < -0.4 is 16.0 Å². The molecule has 0 atom stereocenters. The average molecular weight is 423 g/mol. The molecule has 0 saturated heterocycles. The first-order chi connectivity index (χ1) is 12.7. The van der Waals surface area contributed by atoms with Crippen LogP contribution in [0.1, 0.15) is 18.1 Å². The molecule has 0 saturated carbocycles.